The minimum atomic E-state index is -0.563. The molecule has 0 amide bonds. The van der Waals surface area contributed by atoms with Gasteiger partial charge in [0.1, 0.15) is 12.4 Å². The molecule has 0 aromatic heterocycles. The Balaban J connectivity index is 2.75. The van der Waals surface area contributed by atoms with E-state index in [1.807, 2.05) is 26.0 Å². The number of phenolic OH excluding ortho intramolecular Hbond substituents is 1. The highest BCUT2D eigenvalue weighted by Gasteiger charge is 2.34. The fourth-order valence-electron chi connectivity index (χ4n) is 2.28. The fraction of sp³-hybridized carbons (Fsp3) is 0.562. The molecule has 2 unspecified atom stereocenters. The predicted molar refractivity (Wildman–Crippen MR) is 77.6 cm³/mol. The average Bonchev–Trinajstić information content (AvgIpc) is 2.45. The number of aromatic hydroxyl groups is 1. The van der Waals surface area contributed by atoms with Gasteiger partial charge in [0.05, 0.1) is 12.0 Å². The lowest BCUT2D eigenvalue weighted by Crippen LogP contribution is -2.31. The molecule has 0 bridgehead atoms. The zero-order valence-corrected chi connectivity index (χ0v) is 12.4. The standard InChI is InChI=1S/C16H24O4/c1-4-16(3,15(19)20-10-9-17)11-12(2)13-5-7-14(18)8-6-13/h5-8,12,17-18H,4,9-11H2,1-3H3. The van der Waals surface area contributed by atoms with Crippen LogP contribution in [0.3, 0.4) is 0 Å². The number of aliphatic hydroxyl groups is 1. The van der Waals surface area contributed by atoms with Crippen molar-refractivity contribution >= 4 is 5.97 Å². The summed E-state index contributed by atoms with van der Waals surface area (Å²) in [6, 6.07) is 7.04. The van der Waals surface area contributed by atoms with Crippen LogP contribution in [0, 0.1) is 5.41 Å². The molecule has 0 fully saturated rings. The van der Waals surface area contributed by atoms with E-state index in [0.29, 0.717) is 12.8 Å². The topological polar surface area (TPSA) is 66.8 Å². The second-order valence-corrected chi connectivity index (χ2v) is 5.47. The van der Waals surface area contributed by atoms with Gasteiger partial charge in [-0.05, 0) is 43.4 Å². The number of hydrogen-bond donors (Lipinski definition) is 2. The highest BCUT2D eigenvalue weighted by atomic mass is 16.5. The van der Waals surface area contributed by atoms with E-state index >= 15 is 0 Å². The molecule has 0 spiro atoms. The second-order valence-electron chi connectivity index (χ2n) is 5.47. The van der Waals surface area contributed by atoms with Gasteiger partial charge in [0.2, 0.25) is 0 Å². The first-order valence-electron chi connectivity index (χ1n) is 7.00. The lowest BCUT2D eigenvalue weighted by atomic mass is 9.77. The molecule has 2 N–H and O–H groups in total. The molecule has 0 saturated carbocycles. The van der Waals surface area contributed by atoms with Gasteiger partial charge in [-0.3, -0.25) is 4.79 Å². The van der Waals surface area contributed by atoms with E-state index in [4.69, 9.17) is 9.84 Å². The van der Waals surface area contributed by atoms with E-state index < -0.39 is 5.41 Å². The summed E-state index contributed by atoms with van der Waals surface area (Å²) in [5.41, 5.74) is 0.518. The van der Waals surface area contributed by atoms with E-state index in [1.165, 1.54) is 0 Å². The van der Waals surface area contributed by atoms with Crippen molar-refractivity contribution in [1.29, 1.82) is 0 Å². The second kappa shape index (κ2) is 7.29. The summed E-state index contributed by atoms with van der Waals surface area (Å²) in [7, 11) is 0. The molecule has 1 aromatic rings. The number of carbonyl (C=O) groups is 1. The summed E-state index contributed by atoms with van der Waals surface area (Å²) < 4.78 is 5.07. The van der Waals surface area contributed by atoms with Crippen LogP contribution in [0.2, 0.25) is 0 Å². The molecule has 0 aliphatic rings. The number of esters is 1. The van der Waals surface area contributed by atoms with Crippen LogP contribution < -0.4 is 0 Å². The molecule has 0 aliphatic heterocycles. The maximum atomic E-state index is 12.1. The first-order chi connectivity index (χ1) is 9.42. The molecule has 0 saturated heterocycles. The third-order valence-electron chi connectivity index (χ3n) is 3.82. The average molecular weight is 280 g/mol. The number of phenols is 1. The van der Waals surface area contributed by atoms with Crippen molar-refractivity contribution < 1.29 is 19.7 Å². The van der Waals surface area contributed by atoms with E-state index in [2.05, 4.69) is 6.92 Å². The molecule has 4 heteroatoms. The predicted octanol–water partition coefficient (Wildman–Crippen LogP) is 2.84. The Labute approximate surface area is 120 Å². The van der Waals surface area contributed by atoms with Crippen molar-refractivity contribution in [3.63, 3.8) is 0 Å². The molecule has 2 atom stereocenters. The van der Waals surface area contributed by atoms with Gasteiger partial charge in [-0.2, -0.15) is 0 Å². The summed E-state index contributed by atoms with van der Waals surface area (Å²) in [5.74, 6) is 0.156. The molecule has 0 radical (unpaired) electrons. The third kappa shape index (κ3) is 4.23. The Bertz CT molecular complexity index is 427. The van der Waals surface area contributed by atoms with E-state index in [1.54, 1.807) is 12.1 Å². The summed E-state index contributed by atoms with van der Waals surface area (Å²) in [6.07, 6.45) is 1.35. The Morgan fingerprint density at radius 2 is 1.95 bits per heavy atom. The lowest BCUT2D eigenvalue weighted by Gasteiger charge is -2.29. The van der Waals surface area contributed by atoms with Gasteiger partial charge in [0, 0.05) is 0 Å². The first-order valence-corrected chi connectivity index (χ1v) is 7.00. The van der Waals surface area contributed by atoms with Crippen molar-refractivity contribution in [1.82, 2.24) is 0 Å². The quantitative estimate of drug-likeness (QED) is 0.754. The van der Waals surface area contributed by atoms with Gasteiger partial charge in [-0.15, -0.1) is 0 Å². The number of hydrogen-bond acceptors (Lipinski definition) is 4. The van der Waals surface area contributed by atoms with Crippen LogP contribution in [0.25, 0.3) is 0 Å². The zero-order chi connectivity index (χ0) is 15.2. The van der Waals surface area contributed by atoms with E-state index in [-0.39, 0.29) is 30.9 Å². The van der Waals surface area contributed by atoms with Gasteiger partial charge in [-0.25, -0.2) is 0 Å². The maximum absolute atomic E-state index is 12.1. The SMILES string of the molecule is CCC(C)(CC(C)c1ccc(O)cc1)C(=O)OCCO. The van der Waals surface area contributed by atoms with Crippen LogP contribution >= 0.6 is 0 Å². The number of ether oxygens (including phenoxy) is 1. The van der Waals surface area contributed by atoms with Crippen LogP contribution in [0.4, 0.5) is 0 Å². The van der Waals surface area contributed by atoms with Crippen molar-refractivity contribution in [3.05, 3.63) is 29.8 Å². The zero-order valence-electron chi connectivity index (χ0n) is 12.4. The highest BCUT2D eigenvalue weighted by Crippen LogP contribution is 2.36. The van der Waals surface area contributed by atoms with Crippen LogP contribution in [0.15, 0.2) is 24.3 Å². The maximum Gasteiger partial charge on any atom is 0.311 e. The first kappa shape index (κ1) is 16.5. The Hall–Kier alpha value is -1.55. The van der Waals surface area contributed by atoms with Crippen molar-refractivity contribution in [2.75, 3.05) is 13.2 Å². The van der Waals surface area contributed by atoms with Crippen molar-refractivity contribution in [2.45, 2.75) is 39.5 Å². The van der Waals surface area contributed by atoms with Gasteiger partial charge in [0.25, 0.3) is 0 Å². The van der Waals surface area contributed by atoms with Crippen LogP contribution in [0.5, 0.6) is 5.75 Å². The number of benzene rings is 1. The van der Waals surface area contributed by atoms with Gasteiger partial charge in [-0.1, -0.05) is 26.0 Å². The van der Waals surface area contributed by atoms with Crippen LogP contribution in [0.1, 0.15) is 45.1 Å². The van der Waals surface area contributed by atoms with Gasteiger partial charge < -0.3 is 14.9 Å². The Morgan fingerprint density at radius 1 is 1.35 bits per heavy atom. The largest absolute Gasteiger partial charge is 0.508 e. The molecule has 1 rings (SSSR count). The molecule has 0 aliphatic carbocycles. The minimum Gasteiger partial charge on any atom is -0.508 e. The summed E-state index contributed by atoms with van der Waals surface area (Å²) >= 11 is 0. The Morgan fingerprint density at radius 3 is 2.45 bits per heavy atom. The molecule has 112 valence electrons. The van der Waals surface area contributed by atoms with Crippen LogP contribution in [-0.2, 0) is 9.53 Å². The highest BCUT2D eigenvalue weighted by molar-refractivity contribution is 5.76. The van der Waals surface area contributed by atoms with Gasteiger partial charge >= 0.3 is 5.97 Å². The number of aliphatic hydroxyl groups excluding tert-OH is 1. The number of rotatable bonds is 7. The molecular weight excluding hydrogens is 256 g/mol. The summed E-state index contributed by atoms with van der Waals surface area (Å²) in [6.45, 7) is 5.80. The number of carbonyl (C=O) groups excluding carboxylic acids is 1. The normalized spacial score (nSPS) is 15.4. The van der Waals surface area contributed by atoms with E-state index in [0.717, 1.165) is 5.56 Å². The third-order valence-corrected chi connectivity index (χ3v) is 3.82. The van der Waals surface area contributed by atoms with Gasteiger partial charge in [0.15, 0.2) is 0 Å². The summed E-state index contributed by atoms with van der Waals surface area (Å²) in [4.78, 5) is 12.1. The lowest BCUT2D eigenvalue weighted by molar-refractivity contribution is -0.156. The molecule has 20 heavy (non-hydrogen) atoms. The smallest absolute Gasteiger partial charge is 0.311 e. The van der Waals surface area contributed by atoms with E-state index in [9.17, 15) is 9.90 Å². The monoisotopic (exact) mass is 280 g/mol. The van der Waals surface area contributed by atoms with Crippen molar-refractivity contribution in [3.8, 4) is 5.75 Å². The minimum absolute atomic E-state index is 0.0437. The fourth-order valence-corrected chi connectivity index (χ4v) is 2.28. The van der Waals surface area contributed by atoms with Crippen LogP contribution in [-0.4, -0.2) is 29.4 Å². The summed E-state index contributed by atoms with van der Waals surface area (Å²) in [5, 5.41) is 18.0. The molecule has 4 nitrogen and oxygen atoms in total. The molecule has 1 aromatic carbocycles. The Kier molecular flexibility index (Phi) is 6.02. The van der Waals surface area contributed by atoms with Crippen molar-refractivity contribution in [2.24, 2.45) is 5.41 Å². The molecular formula is C16H24O4. The molecule has 0 heterocycles.